The number of nitrogens with zero attached hydrogens (tertiary/aromatic N) is 1. The number of hydrogen-bond donors (Lipinski definition) is 2. The van der Waals surface area contributed by atoms with Crippen molar-refractivity contribution in [2.75, 3.05) is 6.54 Å². The normalized spacial score (nSPS) is 18.7. The minimum atomic E-state index is -1.36. The quantitative estimate of drug-likeness (QED) is 0.409. The molecule has 8 nitrogen and oxygen atoms in total. The van der Waals surface area contributed by atoms with Gasteiger partial charge in [-0.15, -0.1) is 0 Å². The first kappa shape index (κ1) is 25.5. The van der Waals surface area contributed by atoms with Crippen molar-refractivity contribution in [3.63, 3.8) is 0 Å². The summed E-state index contributed by atoms with van der Waals surface area (Å²) >= 11 is 0. The second-order valence-corrected chi connectivity index (χ2v) is 8.81. The number of carboxylic acid groups (broad SMARTS) is 2. The average molecular weight is 502 g/mol. The zero-order valence-corrected chi connectivity index (χ0v) is 20.0. The molecular weight excluding hydrogens is 474 g/mol. The van der Waals surface area contributed by atoms with E-state index in [2.05, 4.69) is 6.58 Å². The van der Waals surface area contributed by atoms with Crippen LogP contribution in [0.15, 0.2) is 91.5 Å². The van der Waals surface area contributed by atoms with Crippen molar-refractivity contribution in [2.24, 2.45) is 11.8 Å². The second-order valence-electron chi connectivity index (χ2n) is 8.81. The molecular formula is C29H27NO7. The number of benzene rings is 3. The molecule has 0 bridgehead atoms. The van der Waals surface area contributed by atoms with Crippen molar-refractivity contribution < 1.29 is 34.1 Å². The summed E-state index contributed by atoms with van der Waals surface area (Å²) in [5.41, 5.74) is 1.99. The summed E-state index contributed by atoms with van der Waals surface area (Å²) in [6, 6.07) is 24.0. The molecule has 3 atom stereocenters. The van der Waals surface area contributed by atoms with Crippen molar-refractivity contribution in [1.82, 2.24) is 4.90 Å². The van der Waals surface area contributed by atoms with E-state index in [1.54, 1.807) is 48.5 Å². The topological polar surface area (TPSA) is 113 Å². The minimum absolute atomic E-state index is 0.0242. The third-order valence-corrected chi connectivity index (χ3v) is 6.41. The summed E-state index contributed by atoms with van der Waals surface area (Å²) in [6.45, 7) is 4.10. The van der Waals surface area contributed by atoms with Gasteiger partial charge in [-0.1, -0.05) is 67.2 Å². The maximum absolute atomic E-state index is 12.9. The van der Waals surface area contributed by atoms with Gasteiger partial charge >= 0.3 is 18.0 Å². The van der Waals surface area contributed by atoms with Crippen LogP contribution in [0.25, 0.3) is 5.57 Å². The minimum Gasteiger partial charge on any atom is -0.481 e. The van der Waals surface area contributed by atoms with Gasteiger partial charge in [0.2, 0.25) is 0 Å². The van der Waals surface area contributed by atoms with Gasteiger partial charge in [0.15, 0.2) is 0 Å². The number of ether oxygens (including phenoxy) is 2. The van der Waals surface area contributed by atoms with Crippen LogP contribution in [-0.2, 0) is 20.9 Å². The Labute approximate surface area is 214 Å². The molecule has 1 heterocycles. The predicted octanol–water partition coefficient (Wildman–Crippen LogP) is 5.30. The van der Waals surface area contributed by atoms with Crippen LogP contribution in [0.2, 0.25) is 0 Å². The molecule has 0 spiro atoms. The van der Waals surface area contributed by atoms with Crippen molar-refractivity contribution >= 4 is 23.6 Å². The van der Waals surface area contributed by atoms with E-state index >= 15 is 0 Å². The van der Waals surface area contributed by atoms with Crippen LogP contribution >= 0.6 is 0 Å². The van der Waals surface area contributed by atoms with E-state index < -0.39 is 42.3 Å². The Hall–Kier alpha value is -4.59. The molecule has 1 aliphatic heterocycles. The van der Waals surface area contributed by atoms with Gasteiger partial charge in [0.05, 0.1) is 6.42 Å². The highest BCUT2D eigenvalue weighted by Gasteiger charge is 2.50. The Morgan fingerprint density at radius 1 is 0.865 bits per heavy atom. The van der Waals surface area contributed by atoms with E-state index in [9.17, 15) is 24.6 Å². The number of carbonyl (C=O) groups excluding carboxylic acids is 1. The largest absolute Gasteiger partial charge is 0.481 e. The number of carboxylic acids is 2. The van der Waals surface area contributed by atoms with E-state index in [-0.39, 0.29) is 13.2 Å². The highest BCUT2D eigenvalue weighted by molar-refractivity contribution is 5.84. The highest BCUT2D eigenvalue weighted by atomic mass is 16.6. The van der Waals surface area contributed by atoms with Gasteiger partial charge in [0, 0.05) is 18.4 Å². The fourth-order valence-electron chi connectivity index (χ4n) is 4.62. The molecule has 0 radical (unpaired) electrons. The summed E-state index contributed by atoms with van der Waals surface area (Å²) in [4.78, 5) is 37.9. The van der Waals surface area contributed by atoms with E-state index in [4.69, 9.17) is 9.47 Å². The lowest BCUT2D eigenvalue weighted by Gasteiger charge is -2.24. The molecule has 1 saturated heterocycles. The van der Waals surface area contributed by atoms with Crippen LogP contribution in [0.4, 0.5) is 4.79 Å². The zero-order chi connectivity index (χ0) is 26.4. The van der Waals surface area contributed by atoms with Crippen LogP contribution in [0.5, 0.6) is 11.5 Å². The number of para-hydroxylation sites is 1. The Morgan fingerprint density at radius 2 is 1.46 bits per heavy atom. The van der Waals surface area contributed by atoms with Gasteiger partial charge in [0.1, 0.15) is 24.1 Å². The fraction of sp³-hybridized carbons (Fsp3) is 0.207. The number of aliphatic carboxylic acids is 2. The Morgan fingerprint density at radius 3 is 2.05 bits per heavy atom. The molecule has 4 rings (SSSR count). The van der Waals surface area contributed by atoms with Gasteiger partial charge in [0.25, 0.3) is 0 Å². The van der Waals surface area contributed by atoms with E-state index in [1.807, 2.05) is 36.4 Å². The van der Waals surface area contributed by atoms with Crippen molar-refractivity contribution in [2.45, 2.75) is 19.1 Å². The molecule has 1 fully saturated rings. The summed E-state index contributed by atoms with van der Waals surface area (Å²) in [6.07, 6.45) is -1.24. The fourth-order valence-corrected chi connectivity index (χ4v) is 4.62. The summed E-state index contributed by atoms with van der Waals surface area (Å²) in [7, 11) is 0. The van der Waals surface area contributed by atoms with Crippen LogP contribution in [0, 0.1) is 11.8 Å². The molecule has 8 heteroatoms. The number of likely N-dealkylation sites (tertiary alicyclic amines) is 1. The van der Waals surface area contributed by atoms with Crippen LogP contribution in [-0.4, -0.2) is 45.7 Å². The van der Waals surface area contributed by atoms with Crippen LogP contribution in [0.1, 0.15) is 17.5 Å². The standard InChI is InChI=1S/C29H27NO7/c1-19(21-12-14-23(15-13-21)37-22-10-6-3-7-11-22)25-17-30(27(28(33)34)24(25)16-26(31)32)29(35)36-18-20-8-4-2-5-9-20/h2-15,24-25,27H,1,16-18H2,(H,31,32)(H,33,34)/t24-,25+,27-/m0/s1. The first-order chi connectivity index (χ1) is 17.8. The van der Waals surface area contributed by atoms with Gasteiger partial charge in [-0.3, -0.25) is 9.69 Å². The van der Waals surface area contributed by atoms with Crippen LogP contribution < -0.4 is 4.74 Å². The molecule has 2 N–H and O–H groups in total. The van der Waals surface area contributed by atoms with Crippen molar-refractivity contribution in [3.05, 3.63) is 103 Å². The Bertz CT molecular complexity index is 1260. The van der Waals surface area contributed by atoms with Crippen molar-refractivity contribution in [1.29, 1.82) is 0 Å². The molecule has 0 aromatic heterocycles. The molecule has 37 heavy (non-hydrogen) atoms. The molecule has 3 aromatic carbocycles. The second kappa shape index (κ2) is 11.4. The third-order valence-electron chi connectivity index (χ3n) is 6.41. The molecule has 3 aromatic rings. The first-order valence-corrected chi connectivity index (χ1v) is 11.8. The van der Waals surface area contributed by atoms with Gasteiger partial charge in [-0.05, 0) is 41.0 Å². The number of rotatable bonds is 9. The van der Waals surface area contributed by atoms with Gasteiger partial charge in [-0.2, -0.15) is 0 Å². The Balaban J connectivity index is 1.53. The SMILES string of the molecule is C=C(c1ccc(Oc2ccccc2)cc1)[C@H]1CN(C(=O)OCc2ccccc2)[C@H](C(=O)O)[C@H]1CC(=O)O. The molecule has 0 saturated carbocycles. The maximum atomic E-state index is 12.9. The average Bonchev–Trinajstić information content (AvgIpc) is 3.27. The number of hydrogen-bond acceptors (Lipinski definition) is 5. The highest BCUT2D eigenvalue weighted by Crippen LogP contribution is 2.41. The number of amides is 1. The van der Waals surface area contributed by atoms with E-state index in [1.165, 1.54) is 0 Å². The van der Waals surface area contributed by atoms with Gasteiger partial charge in [-0.25, -0.2) is 9.59 Å². The lowest BCUT2D eigenvalue weighted by Crippen LogP contribution is -2.44. The smallest absolute Gasteiger partial charge is 0.410 e. The number of carbonyl (C=O) groups is 3. The van der Waals surface area contributed by atoms with E-state index in [0.717, 1.165) is 10.5 Å². The lowest BCUT2D eigenvalue weighted by atomic mass is 9.81. The monoisotopic (exact) mass is 501 g/mol. The third kappa shape index (κ3) is 6.16. The predicted molar refractivity (Wildman–Crippen MR) is 136 cm³/mol. The molecule has 0 unspecified atom stereocenters. The summed E-state index contributed by atoms with van der Waals surface area (Å²) in [5.74, 6) is -2.63. The molecule has 1 amide bonds. The first-order valence-electron chi connectivity index (χ1n) is 11.8. The van der Waals surface area contributed by atoms with Gasteiger partial charge < -0.3 is 19.7 Å². The summed E-state index contributed by atoms with van der Waals surface area (Å²) in [5, 5.41) is 19.5. The lowest BCUT2D eigenvalue weighted by molar-refractivity contribution is -0.144. The van der Waals surface area contributed by atoms with Crippen LogP contribution in [0.3, 0.4) is 0 Å². The van der Waals surface area contributed by atoms with E-state index in [0.29, 0.717) is 22.6 Å². The Kier molecular flexibility index (Phi) is 7.88. The zero-order valence-electron chi connectivity index (χ0n) is 20.0. The molecule has 190 valence electrons. The molecule has 0 aliphatic carbocycles. The maximum Gasteiger partial charge on any atom is 0.410 e. The molecule has 1 aliphatic rings. The summed E-state index contributed by atoms with van der Waals surface area (Å²) < 4.78 is 11.2. The van der Waals surface area contributed by atoms with Crippen molar-refractivity contribution in [3.8, 4) is 11.5 Å².